The maximum absolute atomic E-state index is 11.2. The fourth-order valence-corrected chi connectivity index (χ4v) is 3.24. The topological polar surface area (TPSA) is 75.4 Å². The molecule has 0 aliphatic rings. The first-order chi connectivity index (χ1) is 11.9. The number of nitrogens with zero attached hydrogens (tertiary/aromatic N) is 1. The Morgan fingerprint density at radius 1 is 0.889 bits per heavy atom. The van der Waals surface area contributed by atoms with Crippen LogP contribution in [0.3, 0.4) is 0 Å². The minimum Gasteiger partial charge on any atom is -0.372 e. The number of sulfonamides is 1. The number of anilines is 1. The largest absolute Gasteiger partial charge is 0.372 e. The fourth-order valence-electron chi connectivity index (χ4n) is 2.72. The van der Waals surface area contributed by atoms with Crippen LogP contribution in [0.25, 0.3) is 0 Å². The van der Waals surface area contributed by atoms with Crippen LogP contribution >= 0.6 is 24.8 Å². The van der Waals surface area contributed by atoms with Crippen molar-refractivity contribution in [2.75, 3.05) is 24.5 Å². The van der Waals surface area contributed by atoms with E-state index in [2.05, 4.69) is 48.3 Å². The molecule has 5 nitrogen and oxygen atoms in total. The molecule has 0 spiro atoms. The second kappa shape index (κ2) is 12.2. The molecular formula is C19H29Cl2N3O2S. The van der Waals surface area contributed by atoms with E-state index in [0.717, 1.165) is 38.2 Å². The molecule has 0 saturated carbocycles. The van der Waals surface area contributed by atoms with Crippen molar-refractivity contribution < 1.29 is 8.42 Å². The van der Waals surface area contributed by atoms with Crippen molar-refractivity contribution in [1.82, 2.24) is 5.32 Å². The zero-order valence-electron chi connectivity index (χ0n) is 15.7. The quantitative estimate of drug-likeness (QED) is 0.594. The molecule has 0 bridgehead atoms. The molecule has 0 aliphatic carbocycles. The van der Waals surface area contributed by atoms with Gasteiger partial charge in [-0.2, -0.15) is 0 Å². The lowest BCUT2D eigenvalue weighted by Gasteiger charge is -2.21. The fraction of sp³-hybridized carbons (Fsp3) is 0.368. The Morgan fingerprint density at radius 2 is 1.41 bits per heavy atom. The van der Waals surface area contributed by atoms with Gasteiger partial charge >= 0.3 is 0 Å². The predicted octanol–water partition coefficient (Wildman–Crippen LogP) is 3.36. The summed E-state index contributed by atoms with van der Waals surface area (Å²) in [4.78, 5) is 2.47. The van der Waals surface area contributed by atoms with Gasteiger partial charge in [0.2, 0.25) is 10.0 Å². The first-order valence-corrected chi connectivity index (χ1v) is 10.1. The van der Waals surface area contributed by atoms with Crippen molar-refractivity contribution in [3.63, 3.8) is 0 Å². The number of nitrogens with two attached hydrogens (primary N) is 1. The first kappa shape index (κ1) is 25.7. The highest BCUT2D eigenvalue weighted by molar-refractivity contribution is 7.89. The SMILES string of the molecule is CCN(CC)c1ccc(CNCCc2ccc(S(N)(=O)=O)cc2)cc1.Cl.Cl. The van der Waals surface area contributed by atoms with Crippen molar-refractivity contribution in [1.29, 1.82) is 0 Å². The van der Waals surface area contributed by atoms with Gasteiger partial charge in [-0.25, -0.2) is 13.6 Å². The molecule has 2 aromatic carbocycles. The number of hydrogen-bond donors (Lipinski definition) is 2. The molecule has 27 heavy (non-hydrogen) atoms. The Balaban J connectivity index is 0.00000338. The van der Waals surface area contributed by atoms with Gasteiger partial charge in [0.25, 0.3) is 0 Å². The Labute approximate surface area is 175 Å². The molecular weight excluding hydrogens is 405 g/mol. The van der Waals surface area contributed by atoms with Crippen LogP contribution in [-0.4, -0.2) is 28.1 Å². The number of nitrogens with one attached hydrogen (secondary N) is 1. The van der Waals surface area contributed by atoms with Crippen LogP contribution in [0, 0.1) is 0 Å². The van der Waals surface area contributed by atoms with Gasteiger partial charge in [-0.3, -0.25) is 0 Å². The van der Waals surface area contributed by atoms with Crippen molar-refractivity contribution in [2.24, 2.45) is 5.14 Å². The van der Waals surface area contributed by atoms with Crippen LogP contribution in [0.15, 0.2) is 53.4 Å². The molecule has 0 unspecified atom stereocenters. The monoisotopic (exact) mass is 433 g/mol. The maximum atomic E-state index is 11.2. The minimum absolute atomic E-state index is 0. The molecule has 0 aromatic heterocycles. The van der Waals surface area contributed by atoms with Crippen LogP contribution in [0.5, 0.6) is 0 Å². The van der Waals surface area contributed by atoms with E-state index in [9.17, 15) is 8.42 Å². The number of primary sulfonamides is 1. The second-order valence-electron chi connectivity index (χ2n) is 5.95. The Hall–Kier alpha value is -1.31. The highest BCUT2D eigenvalue weighted by atomic mass is 35.5. The summed E-state index contributed by atoms with van der Waals surface area (Å²) < 4.78 is 22.5. The number of rotatable bonds is 9. The smallest absolute Gasteiger partial charge is 0.238 e. The first-order valence-electron chi connectivity index (χ1n) is 8.60. The van der Waals surface area contributed by atoms with Gasteiger partial charge in [-0.1, -0.05) is 24.3 Å². The van der Waals surface area contributed by atoms with E-state index >= 15 is 0 Å². The van der Waals surface area contributed by atoms with Crippen LogP contribution in [0.2, 0.25) is 0 Å². The molecule has 0 saturated heterocycles. The van der Waals surface area contributed by atoms with Gasteiger partial charge in [0.1, 0.15) is 0 Å². The highest BCUT2D eigenvalue weighted by Gasteiger charge is 2.06. The third-order valence-corrected chi connectivity index (χ3v) is 5.17. The maximum Gasteiger partial charge on any atom is 0.238 e. The third kappa shape index (κ3) is 8.07. The Kier molecular flexibility index (Phi) is 11.6. The van der Waals surface area contributed by atoms with Crippen molar-refractivity contribution in [2.45, 2.75) is 31.7 Å². The summed E-state index contributed by atoms with van der Waals surface area (Å²) in [5.74, 6) is 0. The Morgan fingerprint density at radius 3 is 1.89 bits per heavy atom. The summed E-state index contributed by atoms with van der Waals surface area (Å²) in [6.45, 7) is 7.99. The Bertz CT molecular complexity index is 763. The standard InChI is InChI=1S/C19H27N3O2S.2ClH/c1-3-22(4-2)18-9-5-17(6-10-18)15-21-14-13-16-7-11-19(12-8-16)25(20,23)24;;/h5-12,21H,3-4,13-15H2,1-2H3,(H2,20,23,24);2*1H. The van der Waals surface area contributed by atoms with E-state index in [1.54, 1.807) is 24.3 Å². The molecule has 2 rings (SSSR count). The van der Waals surface area contributed by atoms with E-state index < -0.39 is 10.0 Å². The van der Waals surface area contributed by atoms with Gasteiger partial charge in [-0.15, -0.1) is 24.8 Å². The van der Waals surface area contributed by atoms with E-state index in [-0.39, 0.29) is 29.7 Å². The molecule has 0 heterocycles. The van der Waals surface area contributed by atoms with Gasteiger partial charge in [-0.05, 0) is 62.2 Å². The van der Waals surface area contributed by atoms with E-state index in [1.165, 1.54) is 11.3 Å². The number of halogens is 2. The number of hydrogen-bond acceptors (Lipinski definition) is 4. The molecule has 0 amide bonds. The number of benzene rings is 2. The molecule has 152 valence electrons. The lowest BCUT2D eigenvalue weighted by molar-refractivity contribution is 0.597. The molecule has 3 N–H and O–H groups in total. The van der Waals surface area contributed by atoms with Gasteiger partial charge in [0.15, 0.2) is 0 Å². The van der Waals surface area contributed by atoms with Crippen LogP contribution in [0.1, 0.15) is 25.0 Å². The normalized spacial score (nSPS) is 10.6. The minimum atomic E-state index is -3.61. The molecule has 2 aromatic rings. The van der Waals surface area contributed by atoms with Gasteiger partial charge < -0.3 is 10.2 Å². The van der Waals surface area contributed by atoms with Crippen molar-refractivity contribution in [3.05, 3.63) is 59.7 Å². The summed E-state index contributed by atoms with van der Waals surface area (Å²) >= 11 is 0. The van der Waals surface area contributed by atoms with Crippen LogP contribution in [-0.2, 0) is 23.0 Å². The van der Waals surface area contributed by atoms with E-state index in [4.69, 9.17) is 5.14 Å². The van der Waals surface area contributed by atoms with E-state index in [1.807, 2.05) is 0 Å². The average Bonchev–Trinajstić information content (AvgIpc) is 2.60. The summed E-state index contributed by atoms with van der Waals surface area (Å²) in [5, 5.41) is 8.51. The molecule has 0 atom stereocenters. The summed E-state index contributed by atoms with van der Waals surface area (Å²) in [5.41, 5.74) is 3.58. The zero-order valence-corrected chi connectivity index (χ0v) is 18.2. The highest BCUT2D eigenvalue weighted by Crippen LogP contribution is 2.15. The van der Waals surface area contributed by atoms with Gasteiger partial charge in [0, 0.05) is 25.3 Å². The summed E-state index contributed by atoms with van der Waals surface area (Å²) in [6.07, 6.45) is 0.836. The third-order valence-electron chi connectivity index (χ3n) is 4.24. The van der Waals surface area contributed by atoms with Crippen LogP contribution in [0.4, 0.5) is 5.69 Å². The predicted molar refractivity (Wildman–Crippen MR) is 118 cm³/mol. The second-order valence-corrected chi connectivity index (χ2v) is 7.52. The molecule has 0 aliphatic heterocycles. The average molecular weight is 434 g/mol. The lowest BCUT2D eigenvalue weighted by atomic mass is 10.1. The van der Waals surface area contributed by atoms with Gasteiger partial charge in [0.05, 0.1) is 4.90 Å². The molecule has 0 fully saturated rings. The van der Waals surface area contributed by atoms with Crippen LogP contribution < -0.4 is 15.4 Å². The zero-order chi connectivity index (χ0) is 18.3. The summed E-state index contributed by atoms with van der Waals surface area (Å²) in [7, 11) is -3.61. The molecule has 0 radical (unpaired) electrons. The van der Waals surface area contributed by atoms with Crippen molar-refractivity contribution >= 4 is 40.5 Å². The van der Waals surface area contributed by atoms with Crippen molar-refractivity contribution in [3.8, 4) is 0 Å². The lowest BCUT2D eigenvalue weighted by Crippen LogP contribution is -2.21. The molecule has 8 heteroatoms. The summed E-state index contributed by atoms with van der Waals surface area (Å²) in [6, 6.07) is 15.4. The van der Waals surface area contributed by atoms with E-state index in [0.29, 0.717) is 0 Å².